The molecule has 1 N–H and O–H groups in total. The van der Waals surface area contributed by atoms with Crippen LogP contribution in [0.5, 0.6) is 0 Å². The molecule has 4 nitrogen and oxygen atoms in total. The molecule has 0 aliphatic carbocycles. The minimum absolute atomic E-state index is 0. The van der Waals surface area contributed by atoms with E-state index in [-0.39, 0.29) is 22.7 Å². The molecule has 104 valence electrons. The van der Waals surface area contributed by atoms with Gasteiger partial charge in [0, 0.05) is 17.5 Å². The van der Waals surface area contributed by atoms with E-state index in [1.165, 1.54) is 0 Å². The standard InChI is InChI=1S/C10H15N2P2.2CHO.Mn/c1-2-8(11)10(14)9-5-3-4-7(6-13)12-9;2*1-2;/h2-5,10-11H,6,13-14H2,1H3;2*1H;/q3*-1;+3/b8-2-;;;. The number of pyridine rings is 1. The van der Waals surface area contributed by atoms with Gasteiger partial charge >= 0.3 is 17.1 Å². The molecule has 0 aliphatic rings. The third kappa shape index (κ3) is 9.02. The number of hydrogen-bond donors (Lipinski definition) is 0. The van der Waals surface area contributed by atoms with Gasteiger partial charge in [0.05, 0.1) is 5.69 Å². The summed E-state index contributed by atoms with van der Waals surface area (Å²) in [6.45, 7) is 8.37. The van der Waals surface area contributed by atoms with Crippen molar-refractivity contribution in [2.75, 3.05) is 0 Å². The number of rotatable bonds is 3. The summed E-state index contributed by atoms with van der Waals surface area (Å²) in [5, 5.41) is 0. The molecule has 0 aliphatic heterocycles. The van der Waals surface area contributed by atoms with E-state index >= 15 is 0 Å². The van der Waals surface area contributed by atoms with Gasteiger partial charge in [-0.3, -0.25) is 18.6 Å². The number of nitrogens with one attached hydrogen (secondary N) is 1. The summed E-state index contributed by atoms with van der Waals surface area (Å²) < 4.78 is 0. The van der Waals surface area contributed by atoms with Crippen molar-refractivity contribution >= 4 is 32.1 Å². The molecule has 0 saturated heterocycles. The average Bonchev–Trinajstić information content (AvgIpc) is 2.49. The van der Waals surface area contributed by atoms with Gasteiger partial charge in [0.25, 0.3) is 0 Å². The molecule has 19 heavy (non-hydrogen) atoms. The fraction of sp³-hybridized carbons (Fsp3) is 0.250. The third-order valence-corrected chi connectivity index (χ3v) is 3.12. The molecule has 1 rings (SSSR count). The van der Waals surface area contributed by atoms with Gasteiger partial charge in [-0.15, -0.1) is 24.6 Å². The van der Waals surface area contributed by atoms with Crippen molar-refractivity contribution in [3.63, 3.8) is 0 Å². The number of allylic oxidation sites excluding steroid dienone is 2. The molecular formula is C12H17MnN2O2P2. The Labute approximate surface area is 129 Å². The van der Waals surface area contributed by atoms with Crippen LogP contribution in [0.2, 0.25) is 0 Å². The SMILES string of the molecule is C/C=C(\[NH-])C(P)c1cccc(CP)n1.[CH-]=O.[CH-]=O.[Mn+3]. The first-order valence-electron chi connectivity index (χ1n) is 4.95. The minimum Gasteiger partial charge on any atom is -0.702 e. The Hall–Kier alpha value is -0.591. The summed E-state index contributed by atoms with van der Waals surface area (Å²) in [5.41, 5.74) is 10.3. The van der Waals surface area contributed by atoms with Gasteiger partial charge in [-0.1, -0.05) is 6.07 Å². The molecule has 3 unspecified atom stereocenters. The van der Waals surface area contributed by atoms with Crippen LogP contribution in [0, 0.1) is 0 Å². The second-order valence-electron chi connectivity index (χ2n) is 2.98. The van der Waals surface area contributed by atoms with Crippen LogP contribution in [-0.2, 0) is 32.8 Å². The monoisotopic (exact) mass is 338 g/mol. The summed E-state index contributed by atoms with van der Waals surface area (Å²) in [6, 6.07) is 5.94. The number of nitrogens with zero attached hydrogens (tertiary/aromatic N) is 1. The van der Waals surface area contributed by atoms with Crippen LogP contribution in [0.3, 0.4) is 0 Å². The van der Waals surface area contributed by atoms with Crippen LogP contribution >= 0.6 is 18.5 Å². The Balaban J connectivity index is -0.000000467. The van der Waals surface area contributed by atoms with E-state index in [1.807, 2.05) is 25.1 Å². The van der Waals surface area contributed by atoms with Gasteiger partial charge in [0.1, 0.15) is 0 Å². The fourth-order valence-electron chi connectivity index (χ4n) is 1.12. The average molecular weight is 338 g/mol. The first-order chi connectivity index (χ1) is 8.69. The Kier molecular flexibility index (Phi) is 19.1. The van der Waals surface area contributed by atoms with Crippen molar-refractivity contribution in [1.82, 2.24) is 4.98 Å². The number of aromatic nitrogens is 1. The van der Waals surface area contributed by atoms with E-state index in [4.69, 9.17) is 15.3 Å². The van der Waals surface area contributed by atoms with Gasteiger partial charge in [-0.2, -0.15) is 5.70 Å². The van der Waals surface area contributed by atoms with Crippen molar-refractivity contribution in [2.45, 2.75) is 18.7 Å². The first kappa shape index (κ1) is 23.5. The zero-order valence-corrected chi connectivity index (χ0v) is 14.0. The molecule has 1 aromatic rings. The van der Waals surface area contributed by atoms with Crippen molar-refractivity contribution < 1.29 is 26.7 Å². The van der Waals surface area contributed by atoms with Crippen LogP contribution in [0.15, 0.2) is 30.0 Å². The predicted octanol–water partition coefficient (Wildman–Crippen LogP) is 2.78. The van der Waals surface area contributed by atoms with E-state index < -0.39 is 0 Å². The molecule has 1 aromatic heterocycles. The molecule has 0 fully saturated rings. The maximum Gasteiger partial charge on any atom is 3.00 e. The molecule has 0 spiro atoms. The van der Waals surface area contributed by atoms with E-state index in [0.717, 1.165) is 17.5 Å². The van der Waals surface area contributed by atoms with Gasteiger partial charge in [-0.25, -0.2) is 0 Å². The van der Waals surface area contributed by atoms with Gasteiger partial charge in [0.2, 0.25) is 0 Å². The van der Waals surface area contributed by atoms with Crippen LogP contribution < -0.4 is 0 Å². The second-order valence-corrected chi connectivity index (χ2v) is 4.05. The minimum atomic E-state index is 0. The molecule has 7 heteroatoms. The summed E-state index contributed by atoms with van der Waals surface area (Å²) in [7, 11) is 5.30. The molecular weight excluding hydrogens is 321 g/mol. The van der Waals surface area contributed by atoms with Crippen LogP contribution in [-0.4, -0.2) is 18.6 Å². The van der Waals surface area contributed by atoms with Gasteiger partial charge in [0.15, 0.2) is 0 Å². The Bertz CT molecular complexity index is 377. The Morgan fingerprint density at radius 2 is 1.95 bits per heavy atom. The second kappa shape index (κ2) is 15.5. The molecule has 0 amide bonds. The zero-order chi connectivity index (χ0) is 14.6. The van der Waals surface area contributed by atoms with Crippen LogP contribution in [0.25, 0.3) is 5.73 Å². The number of carbonyl (C=O) groups excluding carboxylic acids is 2. The molecule has 0 radical (unpaired) electrons. The van der Waals surface area contributed by atoms with E-state index in [1.54, 1.807) is 6.08 Å². The molecule has 0 aromatic carbocycles. The maximum atomic E-state index is 7.75. The van der Waals surface area contributed by atoms with Crippen molar-refractivity contribution in [3.05, 3.63) is 47.1 Å². The maximum absolute atomic E-state index is 7.75. The summed E-state index contributed by atoms with van der Waals surface area (Å²) in [4.78, 5) is 20.0. The largest absolute Gasteiger partial charge is 3.00 e. The zero-order valence-electron chi connectivity index (χ0n) is 10.5. The first-order valence-corrected chi connectivity index (χ1v) is 6.43. The Morgan fingerprint density at radius 1 is 1.42 bits per heavy atom. The normalized spacial score (nSPS) is 10.8. The van der Waals surface area contributed by atoms with E-state index in [9.17, 15) is 0 Å². The van der Waals surface area contributed by atoms with Gasteiger partial charge in [-0.05, 0) is 19.1 Å². The fourth-order valence-corrected chi connectivity index (χ4v) is 1.73. The third-order valence-electron chi connectivity index (χ3n) is 2.00. The predicted molar refractivity (Wildman–Crippen MR) is 81.7 cm³/mol. The molecule has 1 heterocycles. The topological polar surface area (TPSA) is 70.8 Å². The molecule has 3 atom stereocenters. The quantitative estimate of drug-likeness (QED) is 0.368. The van der Waals surface area contributed by atoms with E-state index in [0.29, 0.717) is 5.70 Å². The molecule has 0 bridgehead atoms. The van der Waals surface area contributed by atoms with Crippen molar-refractivity contribution in [3.8, 4) is 0 Å². The summed E-state index contributed by atoms with van der Waals surface area (Å²) >= 11 is 0. The summed E-state index contributed by atoms with van der Waals surface area (Å²) in [6.07, 6.45) is 2.65. The van der Waals surface area contributed by atoms with Gasteiger partial charge < -0.3 is 15.3 Å². The van der Waals surface area contributed by atoms with E-state index in [2.05, 4.69) is 37.0 Å². The summed E-state index contributed by atoms with van der Waals surface area (Å²) in [5.74, 6) is 0. The van der Waals surface area contributed by atoms with Crippen molar-refractivity contribution in [1.29, 1.82) is 0 Å². The van der Waals surface area contributed by atoms with Crippen molar-refractivity contribution in [2.24, 2.45) is 0 Å². The Morgan fingerprint density at radius 3 is 2.37 bits per heavy atom. The molecule has 0 saturated carbocycles. The smallest absolute Gasteiger partial charge is 0.702 e. The van der Waals surface area contributed by atoms with Crippen LogP contribution in [0.4, 0.5) is 0 Å². The number of hydrogen-bond acceptors (Lipinski definition) is 3. The van der Waals surface area contributed by atoms with Crippen LogP contribution in [0.1, 0.15) is 24.0 Å².